The van der Waals surface area contributed by atoms with E-state index < -0.39 is 5.78 Å². The number of aromatic hydroxyl groups is 3. The molecule has 1 unspecified atom stereocenters. The van der Waals surface area contributed by atoms with Crippen LogP contribution in [0.25, 0.3) is 6.08 Å². The first kappa shape index (κ1) is 26.8. The molecule has 0 saturated carbocycles. The number of phenols is 3. The Morgan fingerprint density at radius 1 is 1.12 bits per heavy atom. The molecule has 0 radical (unpaired) electrons. The van der Waals surface area contributed by atoms with Crippen molar-refractivity contribution in [2.75, 3.05) is 7.11 Å². The van der Waals surface area contributed by atoms with Gasteiger partial charge in [-0.3, -0.25) is 4.79 Å². The van der Waals surface area contributed by atoms with E-state index in [0.29, 0.717) is 23.3 Å². The van der Waals surface area contributed by atoms with Crippen molar-refractivity contribution in [3.05, 3.63) is 76.9 Å². The highest BCUT2D eigenvalue weighted by Gasteiger charge is 2.29. The summed E-state index contributed by atoms with van der Waals surface area (Å²) in [6.45, 7) is 16.0. The van der Waals surface area contributed by atoms with Crippen LogP contribution in [0.4, 0.5) is 0 Å². The zero-order valence-electron chi connectivity index (χ0n) is 20.8. The molecule has 0 aliphatic rings. The molecular weight excluding hydrogens is 428 g/mol. The van der Waals surface area contributed by atoms with Gasteiger partial charge in [0.1, 0.15) is 28.6 Å². The second-order valence-corrected chi connectivity index (χ2v) is 9.22. The van der Waals surface area contributed by atoms with Gasteiger partial charge in [0.2, 0.25) is 5.78 Å². The summed E-state index contributed by atoms with van der Waals surface area (Å²) in [5, 5.41) is 32.3. The zero-order chi connectivity index (χ0) is 25.6. The molecule has 0 aliphatic carbocycles. The number of phenolic OH excluding ortho intramolecular Hbond substituents is 3. The molecule has 0 amide bonds. The van der Waals surface area contributed by atoms with Crippen molar-refractivity contribution >= 4 is 11.9 Å². The van der Waals surface area contributed by atoms with E-state index in [1.54, 1.807) is 6.08 Å². The Balaban J connectivity index is 2.78. The van der Waals surface area contributed by atoms with Gasteiger partial charge in [-0.2, -0.15) is 0 Å². The fourth-order valence-electron chi connectivity index (χ4n) is 3.84. The SMILES string of the molecule is C=C(C)CCC(Cc1c(O)c(C(=O)c2cccc(O)c2)c(O)c(C=CC(C)C)c1OC)C(=C)C. The minimum Gasteiger partial charge on any atom is -0.508 e. The van der Waals surface area contributed by atoms with E-state index in [4.69, 9.17) is 4.74 Å². The predicted octanol–water partition coefficient (Wildman–Crippen LogP) is 6.80. The van der Waals surface area contributed by atoms with Gasteiger partial charge in [0.25, 0.3) is 0 Å². The standard InChI is InChI=1S/C29H36O5/c1-17(2)11-13-20(19(5)6)16-24-28(33)25(26(31)21-9-8-10-22(30)15-21)27(32)23(29(24)34-7)14-12-18(3)4/h8-10,12,14-15,18,20,30,32-33H,1,5,11,13,16H2,2-4,6-7H3. The average Bonchev–Trinajstić information content (AvgIpc) is 2.76. The number of hydrogen-bond donors (Lipinski definition) is 3. The van der Waals surface area contributed by atoms with Gasteiger partial charge in [0.05, 0.1) is 12.7 Å². The largest absolute Gasteiger partial charge is 0.508 e. The highest BCUT2D eigenvalue weighted by molar-refractivity contribution is 6.13. The first-order valence-corrected chi connectivity index (χ1v) is 11.4. The number of methoxy groups -OCH3 is 1. The summed E-state index contributed by atoms with van der Waals surface area (Å²) < 4.78 is 5.67. The Bertz CT molecular complexity index is 1110. The van der Waals surface area contributed by atoms with Gasteiger partial charge in [-0.05, 0) is 57.1 Å². The summed E-state index contributed by atoms with van der Waals surface area (Å²) in [5.74, 6) is -0.857. The van der Waals surface area contributed by atoms with Gasteiger partial charge >= 0.3 is 0 Å². The molecule has 5 heteroatoms. The molecule has 2 aromatic rings. The van der Waals surface area contributed by atoms with Crippen molar-refractivity contribution in [3.63, 3.8) is 0 Å². The Hall–Kier alpha value is -3.47. The minimum absolute atomic E-state index is 0.00620. The normalized spacial score (nSPS) is 12.2. The van der Waals surface area contributed by atoms with E-state index in [2.05, 4.69) is 13.2 Å². The fraction of sp³-hybridized carbons (Fsp3) is 0.345. The van der Waals surface area contributed by atoms with Gasteiger partial charge < -0.3 is 20.1 Å². The molecule has 1 atom stereocenters. The van der Waals surface area contributed by atoms with E-state index >= 15 is 0 Å². The van der Waals surface area contributed by atoms with E-state index in [9.17, 15) is 20.1 Å². The third-order valence-corrected chi connectivity index (χ3v) is 5.79. The highest BCUT2D eigenvalue weighted by Crippen LogP contribution is 2.46. The first-order chi connectivity index (χ1) is 16.0. The second kappa shape index (κ2) is 11.6. The van der Waals surface area contributed by atoms with Gasteiger partial charge in [-0.15, -0.1) is 6.58 Å². The van der Waals surface area contributed by atoms with Gasteiger partial charge in [-0.25, -0.2) is 0 Å². The van der Waals surface area contributed by atoms with Crippen molar-refractivity contribution in [2.45, 2.75) is 47.0 Å². The maximum absolute atomic E-state index is 13.4. The average molecular weight is 465 g/mol. The summed E-state index contributed by atoms with van der Waals surface area (Å²) in [7, 11) is 1.48. The van der Waals surface area contributed by atoms with Crippen LogP contribution in [0.3, 0.4) is 0 Å². The lowest BCUT2D eigenvalue weighted by molar-refractivity contribution is 0.103. The highest BCUT2D eigenvalue weighted by atomic mass is 16.5. The molecule has 0 aromatic heterocycles. The van der Waals surface area contributed by atoms with Crippen molar-refractivity contribution in [3.8, 4) is 23.0 Å². The number of rotatable bonds is 11. The lowest BCUT2D eigenvalue weighted by Gasteiger charge is -2.23. The topological polar surface area (TPSA) is 87.0 Å². The molecule has 2 aromatic carbocycles. The predicted molar refractivity (Wildman–Crippen MR) is 138 cm³/mol. The molecule has 0 spiro atoms. The van der Waals surface area contributed by atoms with E-state index in [1.807, 2.05) is 33.8 Å². The second-order valence-electron chi connectivity index (χ2n) is 9.22. The summed E-state index contributed by atoms with van der Waals surface area (Å²) >= 11 is 0. The van der Waals surface area contributed by atoms with Crippen LogP contribution in [-0.2, 0) is 6.42 Å². The van der Waals surface area contributed by atoms with Crippen molar-refractivity contribution in [2.24, 2.45) is 11.8 Å². The molecule has 0 bridgehead atoms. The lowest BCUT2D eigenvalue weighted by Crippen LogP contribution is -2.11. The first-order valence-electron chi connectivity index (χ1n) is 11.4. The monoisotopic (exact) mass is 464 g/mol. The number of allylic oxidation sites excluding steroid dienone is 3. The number of carbonyl (C=O) groups is 1. The molecule has 0 fully saturated rings. The van der Waals surface area contributed by atoms with E-state index in [0.717, 1.165) is 24.0 Å². The van der Waals surface area contributed by atoms with E-state index in [-0.39, 0.29) is 40.2 Å². The lowest BCUT2D eigenvalue weighted by atomic mass is 9.85. The summed E-state index contributed by atoms with van der Waals surface area (Å²) in [5.41, 5.74) is 2.68. The van der Waals surface area contributed by atoms with Crippen molar-refractivity contribution in [1.82, 2.24) is 0 Å². The van der Waals surface area contributed by atoms with Crippen molar-refractivity contribution in [1.29, 1.82) is 0 Å². The maximum atomic E-state index is 13.4. The van der Waals surface area contributed by atoms with Gasteiger partial charge in [0.15, 0.2) is 0 Å². The van der Waals surface area contributed by atoms with Gasteiger partial charge in [0, 0.05) is 11.1 Å². The molecule has 5 nitrogen and oxygen atoms in total. The zero-order valence-corrected chi connectivity index (χ0v) is 20.8. The molecule has 34 heavy (non-hydrogen) atoms. The van der Waals surface area contributed by atoms with Gasteiger partial charge in [-0.1, -0.05) is 55.9 Å². The van der Waals surface area contributed by atoms with Crippen LogP contribution < -0.4 is 4.74 Å². The Morgan fingerprint density at radius 2 is 1.79 bits per heavy atom. The molecular formula is C29H36O5. The smallest absolute Gasteiger partial charge is 0.200 e. The minimum atomic E-state index is -0.595. The maximum Gasteiger partial charge on any atom is 0.200 e. The Kier molecular flexibility index (Phi) is 9.13. The third kappa shape index (κ3) is 6.31. The summed E-state index contributed by atoms with van der Waals surface area (Å²) in [6, 6.07) is 5.82. The van der Waals surface area contributed by atoms with Crippen LogP contribution in [0.5, 0.6) is 23.0 Å². The van der Waals surface area contributed by atoms with E-state index in [1.165, 1.54) is 31.4 Å². The quantitative estimate of drug-likeness (QED) is 0.251. The number of carbonyl (C=O) groups excluding carboxylic acids is 1. The summed E-state index contributed by atoms with van der Waals surface area (Å²) in [4.78, 5) is 13.4. The Morgan fingerprint density at radius 3 is 2.32 bits per heavy atom. The van der Waals surface area contributed by atoms with Crippen LogP contribution in [-0.4, -0.2) is 28.2 Å². The number of hydrogen-bond acceptors (Lipinski definition) is 5. The number of benzene rings is 2. The fourth-order valence-corrected chi connectivity index (χ4v) is 3.84. The van der Waals surface area contributed by atoms with Crippen LogP contribution in [0, 0.1) is 11.8 Å². The van der Waals surface area contributed by atoms with Crippen LogP contribution in [0.2, 0.25) is 0 Å². The molecule has 3 N–H and O–H groups in total. The summed E-state index contributed by atoms with van der Waals surface area (Å²) in [6.07, 6.45) is 5.55. The third-order valence-electron chi connectivity index (χ3n) is 5.79. The number of ether oxygens (including phenoxy) is 1. The van der Waals surface area contributed by atoms with Crippen LogP contribution in [0.15, 0.2) is 54.6 Å². The molecule has 0 heterocycles. The Labute approximate surface area is 202 Å². The number of ketones is 1. The molecule has 0 aliphatic heterocycles. The molecule has 0 saturated heterocycles. The van der Waals surface area contributed by atoms with Crippen LogP contribution in [0.1, 0.15) is 67.6 Å². The van der Waals surface area contributed by atoms with Crippen molar-refractivity contribution < 1.29 is 24.9 Å². The molecule has 182 valence electrons. The molecule has 2 rings (SSSR count). The van der Waals surface area contributed by atoms with Crippen LogP contribution >= 0.6 is 0 Å².